The molecular formula is C12H19F3N2O2. The Morgan fingerprint density at radius 1 is 1.32 bits per heavy atom. The Bertz CT molecular complexity index is 355. The van der Waals surface area contributed by atoms with Crippen molar-refractivity contribution in [1.29, 1.82) is 0 Å². The number of carbonyl (C=O) groups is 2. The van der Waals surface area contributed by atoms with Gasteiger partial charge in [0.2, 0.25) is 11.8 Å². The van der Waals surface area contributed by atoms with E-state index in [4.69, 9.17) is 0 Å². The zero-order valence-electron chi connectivity index (χ0n) is 11.3. The number of rotatable bonds is 4. The van der Waals surface area contributed by atoms with Gasteiger partial charge in [0, 0.05) is 6.54 Å². The molecule has 1 N–H and O–H groups in total. The second-order valence-corrected chi connectivity index (χ2v) is 5.06. The third-order valence-electron chi connectivity index (χ3n) is 3.18. The molecular weight excluding hydrogens is 261 g/mol. The third-order valence-corrected chi connectivity index (χ3v) is 3.18. The first-order valence-electron chi connectivity index (χ1n) is 6.35. The van der Waals surface area contributed by atoms with Gasteiger partial charge in [-0.15, -0.1) is 0 Å². The standard InChI is InChI=1S/C12H19F3N2O2/c1-4-8-11(19)17(6-5-12(13,14)15)9(7(2)3)10(18)16-8/h7-9H,4-6H2,1-3H3,(H,16,18). The van der Waals surface area contributed by atoms with Gasteiger partial charge in [-0.3, -0.25) is 9.59 Å². The number of halogens is 3. The van der Waals surface area contributed by atoms with E-state index in [1.54, 1.807) is 20.8 Å². The molecule has 0 radical (unpaired) electrons. The average molecular weight is 280 g/mol. The summed E-state index contributed by atoms with van der Waals surface area (Å²) in [4.78, 5) is 25.1. The normalized spacial score (nSPS) is 24.9. The van der Waals surface area contributed by atoms with Crippen molar-refractivity contribution in [3.05, 3.63) is 0 Å². The fourth-order valence-electron chi connectivity index (χ4n) is 2.23. The molecule has 0 aromatic carbocycles. The van der Waals surface area contributed by atoms with Gasteiger partial charge in [0.15, 0.2) is 0 Å². The van der Waals surface area contributed by atoms with Gasteiger partial charge in [0.05, 0.1) is 6.42 Å². The summed E-state index contributed by atoms with van der Waals surface area (Å²) in [5.41, 5.74) is 0. The van der Waals surface area contributed by atoms with Crippen LogP contribution < -0.4 is 5.32 Å². The number of alkyl halides is 3. The van der Waals surface area contributed by atoms with Gasteiger partial charge >= 0.3 is 6.18 Å². The molecule has 2 unspecified atom stereocenters. The third kappa shape index (κ3) is 3.84. The van der Waals surface area contributed by atoms with Crippen LogP contribution in [0.4, 0.5) is 13.2 Å². The van der Waals surface area contributed by atoms with Crippen molar-refractivity contribution in [3.63, 3.8) is 0 Å². The Labute approximate surface area is 110 Å². The summed E-state index contributed by atoms with van der Waals surface area (Å²) in [5, 5.41) is 2.56. The van der Waals surface area contributed by atoms with E-state index in [-0.39, 0.29) is 11.8 Å². The Hall–Kier alpha value is -1.27. The van der Waals surface area contributed by atoms with E-state index in [1.807, 2.05) is 0 Å². The van der Waals surface area contributed by atoms with Crippen molar-refractivity contribution < 1.29 is 22.8 Å². The minimum Gasteiger partial charge on any atom is -0.343 e. The van der Waals surface area contributed by atoms with E-state index < -0.39 is 37.1 Å². The SMILES string of the molecule is CCC1NC(=O)C(C(C)C)N(CCC(F)(F)F)C1=O. The van der Waals surface area contributed by atoms with Crippen LogP contribution in [0.2, 0.25) is 0 Å². The zero-order valence-corrected chi connectivity index (χ0v) is 11.3. The Morgan fingerprint density at radius 2 is 1.89 bits per heavy atom. The second-order valence-electron chi connectivity index (χ2n) is 5.06. The minimum absolute atomic E-state index is 0.227. The van der Waals surface area contributed by atoms with Gasteiger partial charge < -0.3 is 10.2 Å². The molecule has 2 atom stereocenters. The second kappa shape index (κ2) is 5.79. The molecule has 110 valence electrons. The van der Waals surface area contributed by atoms with Gasteiger partial charge in [-0.2, -0.15) is 13.2 Å². The van der Waals surface area contributed by atoms with Crippen LogP contribution in [0.5, 0.6) is 0 Å². The number of hydrogen-bond donors (Lipinski definition) is 1. The van der Waals surface area contributed by atoms with Gasteiger partial charge in [-0.1, -0.05) is 20.8 Å². The summed E-state index contributed by atoms with van der Waals surface area (Å²) in [7, 11) is 0. The number of carbonyl (C=O) groups excluding carboxylic acids is 2. The van der Waals surface area contributed by atoms with Crippen molar-refractivity contribution >= 4 is 11.8 Å². The van der Waals surface area contributed by atoms with Crippen LogP contribution in [0.15, 0.2) is 0 Å². The molecule has 7 heteroatoms. The maximum absolute atomic E-state index is 12.3. The highest BCUT2D eigenvalue weighted by Gasteiger charge is 2.42. The molecule has 0 aromatic rings. The highest BCUT2D eigenvalue weighted by molar-refractivity contribution is 5.97. The molecule has 1 aliphatic rings. The van der Waals surface area contributed by atoms with Crippen molar-refractivity contribution in [2.45, 2.75) is 51.9 Å². The van der Waals surface area contributed by atoms with Crippen LogP contribution in [0.1, 0.15) is 33.6 Å². The van der Waals surface area contributed by atoms with Crippen molar-refractivity contribution in [3.8, 4) is 0 Å². The molecule has 1 fully saturated rings. The van der Waals surface area contributed by atoms with Crippen molar-refractivity contribution in [2.24, 2.45) is 5.92 Å². The van der Waals surface area contributed by atoms with E-state index in [0.29, 0.717) is 6.42 Å². The maximum atomic E-state index is 12.3. The number of piperazine rings is 1. The summed E-state index contributed by atoms with van der Waals surface area (Å²) in [5.74, 6) is -1.02. The largest absolute Gasteiger partial charge is 0.390 e. The van der Waals surface area contributed by atoms with Crippen molar-refractivity contribution in [1.82, 2.24) is 10.2 Å². The van der Waals surface area contributed by atoms with Crippen LogP contribution in [-0.4, -0.2) is 41.5 Å². The van der Waals surface area contributed by atoms with Crippen LogP contribution in [0.25, 0.3) is 0 Å². The van der Waals surface area contributed by atoms with Gasteiger partial charge in [-0.25, -0.2) is 0 Å². The fourth-order valence-corrected chi connectivity index (χ4v) is 2.23. The molecule has 1 saturated heterocycles. The minimum atomic E-state index is -4.34. The van der Waals surface area contributed by atoms with Gasteiger partial charge in [0.25, 0.3) is 0 Å². The summed E-state index contributed by atoms with van der Waals surface area (Å²) in [6.45, 7) is 4.67. The molecule has 0 aliphatic carbocycles. The van der Waals surface area contributed by atoms with Crippen LogP contribution in [0.3, 0.4) is 0 Å². The first kappa shape index (κ1) is 15.8. The van der Waals surface area contributed by atoms with Gasteiger partial charge in [-0.05, 0) is 12.3 Å². The topological polar surface area (TPSA) is 49.4 Å². The lowest BCUT2D eigenvalue weighted by atomic mass is 9.96. The zero-order chi connectivity index (χ0) is 14.8. The van der Waals surface area contributed by atoms with Gasteiger partial charge in [0.1, 0.15) is 12.1 Å². The molecule has 0 bridgehead atoms. The molecule has 1 heterocycles. The molecule has 0 saturated carbocycles. The fraction of sp³-hybridized carbons (Fsp3) is 0.833. The summed E-state index contributed by atoms with van der Waals surface area (Å²) in [6.07, 6.45) is -5.05. The van der Waals surface area contributed by atoms with Crippen molar-refractivity contribution in [2.75, 3.05) is 6.54 Å². The molecule has 1 aliphatic heterocycles. The number of nitrogens with one attached hydrogen (secondary N) is 1. The maximum Gasteiger partial charge on any atom is 0.390 e. The Morgan fingerprint density at radius 3 is 2.32 bits per heavy atom. The van der Waals surface area contributed by atoms with E-state index in [9.17, 15) is 22.8 Å². The van der Waals surface area contributed by atoms with E-state index >= 15 is 0 Å². The number of amides is 2. The number of hydrogen-bond acceptors (Lipinski definition) is 2. The molecule has 2 amide bonds. The average Bonchev–Trinajstić information content (AvgIpc) is 2.27. The predicted molar refractivity (Wildman–Crippen MR) is 63.2 cm³/mol. The highest BCUT2D eigenvalue weighted by atomic mass is 19.4. The van der Waals surface area contributed by atoms with Crippen LogP contribution in [0, 0.1) is 5.92 Å². The molecule has 0 spiro atoms. The lowest BCUT2D eigenvalue weighted by Crippen LogP contribution is -2.64. The molecule has 19 heavy (non-hydrogen) atoms. The molecule has 4 nitrogen and oxygen atoms in total. The quantitative estimate of drug-likeness (QED) is 0.852. The molecule has 0 aromatic heterocycles. The first-order chi connectivity index (χ1) is 8.67. The Kier molecular flexibility index (Phi) is 4.81. The summed E-state index contributed by atoms with van der Waals surface area (Å²) >= 11 is 0. The summed E-state index contributed by atoms with van der Waals surface area (Å²) in [6, 6.07) is -1.53. The van der Waals surface area contributed by atoms with E-state index in [2.05, 4.69) is 5.32 Å². The highest BCUT2D eigenvalue weighted by Crippen LogP contribution is 2.24. The Balaban J connectivity index is 2.89. The van der Waals surface area contributed by atoms with Crippen LogP contribution in [-0.2, 0) is 9.59 Å². The monoisotopic (exact) mass is 280 g/mol. The van der Waals surface area contributed by atoms with E-state index in [1.165, 1.54) is 0 Å². The lowest BCUT2D eigenvalue weighted by molar-refractivity contribution is -0.159. The smallest absolute Gasteiger partial charge is 0.343 e. The lowest BCUT2D eigenvalue weighted by Gasteiger charge is -2.40. The van der Waals surface area contributed by atoms with E-state index in [0.717, 1.165) is 4.90 Å². The van der Waals surface area contributed by atoms with Crippen LogP contribution >= 0.6 is 0 Å². The molecule has 1 rings (SSSR count). The predicted octanol–water partition coefficient (Wildman–Crippen LogP) is 1.70. The number of nitrogens with zero attached hydrogens (tertiary/aromatic N) is 1. The first-order valence-corrected chi connectivity index (χ1v) is 6.35. The summed E-state index contributed by atoms with van der Waals surface area (Å²) < 4.78 is 36.9.